The number of nitrogens with zero attached hydrogens (tertiary/aromatic N) is 2. The molecule has 0 bridgehead atoms. The van der Waals surface area contributed by atoms with Crippen molar-refractivity contribution >= 4 is 11.8 Å². The second-order valence-electron chi connectivity index (χ2n) is 7.01. The van der Waals surface area contributed by atoms with Crippen LogP contribution in [0.2, 0.25) is 0 Å². The first-order chi connectivity index (χ1) is 13.2. The van der Waals surface area contributed by atoms with Crippen LogP contribution in [0.1, 0.15) is 44.6 Å². The normalized spacial score (nSPS) is 15.5. The summed E-state index contributed by atoms with van der Waals surface area (Å²) in [5.74, 6) is -0.609. The highest BCUT2D eigenvalue weighted by Crippen LogP contribution is 2.26. The Morgan fingerprint density at radius 1 is 1.21 bits per heavy atom. The number of carbonyl (C=O) groups excluding carboxylic acids is 2. The van der Waals surface area contributed by atoms with Crippen molar-refractivity contribution in [2.24, 2.45) is 5.92 Å². The van der Waals surface area contributed by atoms with Gasteiger partial charge < -0.3 is 14.8 Å². The monoisotopic (exact) mass is 401 g/mol. The van der Waals surface area contributed by atoms with Gasteiger partial charge in [0.25, 0.3) is 5.56 Å². The summed E-state index contributed by atoms with van der Waals surface area (Å²) in [5, 5.41) is 2.90. The molecule has 1 aliphatic rings. The summed E-state index contributed by atoms with van der Waals surface area (Å²) in [5.41, 5.74) is -2.52. The number of halogens is 3. The van der Waals surface area contributed by atoms with Gasteiger partial charge in [-0.05, 0) is 31.4 Å². The number of nitrogens with one attached hydrogen (secondary N) is 1. The molecular formula is C19H26F3N3O3. The number of alkyl halides is 3. The fourth-order valence-corrected chi connectivity index (χ4v) is 3.24. The summed E-state index contributed by atoms with van der Waals surface area (Å²) in [4.78, 5) is 38.0. The van der Waals surface area contributed by atoms with Crippen molar-refractivity contribution in [3.63, 3.8) is 0 Å². The maximum absolute atomic E-state index is 12.8. The highest BCUT2D eigenvalue weighted by atomic mass is 19.4. The number of piperidine rings is 1. The Morgan fingerprint density at radius 3 is 2.50 bits per heavy atom. The van der Waals surface area contributed by atoms with Crippen molar-refractivity contribution in [1.82, 2.24) is 14.8 Å². The standard InChI is InChI=1S/C19H26F3N3O3/c1-2-3-4-9-23-17(27)14-7-11-24(12-8-14)16(26)13-25-10-5-6-15(18(25)28)19(20,21)22/h5-6,10,14H,2-4,7-9,11-13H2,1H3,(H,23,27). The predicted octanol–water partition coefficient (Wildman–Crippen LogP) is 2.41. The number of carbonyl (C=O) groups is 2. The zero-order chi connectivity index (χ0) is 20.7. The summed E-state index contributed by atoms with van der Waals surface area (Å²) >= 11 is 0. The van der Waals surface area contributed by atoms with E-state index in [1.807, 2.05) is 0 Å². The topological polar surface area (TPSA) is 71.4 Å². The van der Waals surface area contributed by atoms with E-state index in [4.69, 9.17) is 0 Å². The molecule has 0 atom stereocenters. The number of hydrogen-bond donors (Lipinski definition) is 1. The molecule has 0 radical (unpaired) electrons. The van der Waals surface area contributed by atoms with E-state index < -0.39 is 29.8 Å². The van der Waals surface area contributed by atoms with Crippen molar-refractivity contribution < 1.29 is 22.8 Å². The third-order valence-corrected chi connectivity index (χ3v) is 4.93. The lowest BCUT2D eigenvalue weighted by atomic mass is 9.96. The van der Waals surface area contributed by atoms with Gasteiger partial charge in [0.2, 0.25) is 11.8 Å². The first-order valence-corrected chi connectivity index (χ1v) is 9.56. The van der Waals surface area contributed by atoms with Gasteiger partial charge in [0.15, 0.2) is 0 Å². The largest absolute Gasteiger partial charge is 0.421 e. The van der Waals surface area contributed by atoms with E-state index in [9.17, 15) is 27.6 Å². The van der Waals surface area contributed by atoms with Crippen molar-refractivity contribution in [3.05, 3.63) is 34.2 Å². The summed E-state index contributed by atoms with van der Waals surface area (Å²) in [6, 6.07) is 1.81. The minimum atomic E-state index is -4.76. The Hall–Kier alpha value is -2.32. The highest BCUT2D eigenvalue weighted by Gasteiger charge is 2.34. The summed E-state index contributed by atoms with van der Waals surface area (Å²) in [7, 11) is 0. The van der Waals surface area contributed by atoms with E-state index in [-0.39, 0.29) is 11.8 Å². The molecule has 0 saturated carbocycles. The number of amides is 2. The number of hydrogen-bond acceptors (Lipinski definition) is 3. The van der Waals surface area contributed by atoms with Crippen molar-refractivity contribution in [2.45, 2.75) is 51.7 Å². The van der Waals surface area contributed by atoms with Crippen molar-refractivity contribution in [3.8, 4) is 0 Å². The van der Waals surface area contributed by atoms with Gasteiger partial charge in [-0.1, -0.05) is 19.8 Å². The molecule has 0 unspecified atom stereocenters. The molecule has 6 nitrogen and oxygen atoms in total. The Bertz CT molecular complexity index is 738. The molecule has 1 saturated heterocycles. The first kappa shape index (κ1) is 22.0. The molecule has 0 aliphatic carbocycles. The third-order valence-electron chi connectivity index (χ3n) is 4.93. The number of unbranched alkanes of at least 4 members (excludes halogenated alkanes) is 2. The van der Waals surface area contributed by atoms with Crippen LogP contribution in [0.15, 0.2) is 23.1 Å². The van der Waals surface area contributed by atoms with Crippen LogP contribution in [0.3, 0.4) is 0 Å². The van der Waals surface area contributed by atoms with Crippen molar-refractivity contribution in [2.75, 3.05) is 19.6 Å². The van der Waals surface area contributed by atoms with Crippen LogP contribution in [0, 0.1) is 5.92 Å². The molecule has 9 heteroatoms. The first-order valence-electron chi connectivity index (χ1n) is 9.56. The van der Waals surface area contributed by atoms with Crippen LogP contribution < -0.4 is 10.9 Å². The van der Waals surface area contributed by atoms with Crippen LogP contribution >= 0.6 is 0 Å². The van der Waals surface area contributed by atoms with E-state index in [0.29, 0.717) is 38.5 Å². The molecule has 2 amide bonds. The molecule has 0 spiro atoms. The number of rotatable bonds is 7. The molecule has 2 heterocycles. The van der Waals surface area contributed by atoms with Gasteiger partial charge in [0.1, 0.15) is 12.1 Å². The lowest BCUT2D eigenvalue weighted by Gasteiger charge is -2.31. The van der Waals surface area contributed by atoms with E-state index in [1.165, 1.54) is 11.1 Å². The second-order valence-corrected chi connectivity index (χ2v) is 7.01. The molecule has 0 aromatic carbocycles. The average Bonchev–Trinajstić information content (AvgIpc) is 2.66. The number of aromatic nitrogens is 1. The van der Waals surface area contributed by atoms with Crippen LogP contribution in [0.5, 0.6) is 0 Å². The van der Waals surface area contributed by atoms with Gasteiger partial charge in [-0.25, -0.2) is 0 Å². The molecular weight excluding hydrogens is 375 g/mol. The van der Waals surface area contributed by atoms with Gasteiger partial charge in [-0.15, -0.1) is 0 Å². The third kappa shape index (κ3) is 5.84. The predicted molar refractivity (Wildman–Crippen MR) is 97.5 cm³/mol. The molecule has 1 aromatic rings. The van der Waals surface area contributed by atoms with Crippen LogP contribution in [0.4, 0.5) is 13.2 Å². The van der Waals surface area contributed by atoms with Gasteiger partial charge in [-0.2, -0.15) is 13.2 Å². The van der Waals surface area contributed by atoms with E-state index in [2.05, 4.69) is 12.2 Å². The average molecular weight is 401 g/mol. The molecule has 28 heavy (non-hydrogen) atoms. The maximum atomic E-state index is 12.8. The van der Waals surface area contributed by atoms with Gasteiger partial charge in [0.05, 0.1) is 0 Å². The SMILES string of the molecule is CCCCCNC(=O)C1CCN(C(=O)Cn2cccc(C(F)(F)F)c2=O)CC1. The van der Waals surface area contributed by atoms with Gasteiger partial charge >= 0.3 is 6.18 Å². The minimum absolute atomic E-state index is 0.0164. The second kappa shape index (κ2) is 9.75. The maximum Gasteiger partial charge on any atom is 0.421 e. The van der Waals surface area contributed by atoms with E-state index in [1.54, 1.807) is 0 Å². The lowest BCUT2D eigenvalue weighted by molar-refractivity contribution is -0.140. The van der Waals surface area contributed by atoms with Gasteiger partial charge in [0, 0.05) is 31.7 Å². The molecule has 1 aromatic heterocycles. The minimum Gasteiger partial charge on any atom is -0.356 e. The van der Waals surface area contributed by atoms with Crippen LogP contribution in [-0.2, 0) is 22.3 Å². The van der Waals surface area contributed by atoms with Crippen LogP contribution in [-0.4, -0.2) is 40.9 Å². The Balaban J connectivity index is 1.88. The summed E-state index contributed by atoms with van der Waals surface area (Å²) in [6.45, 7) is 2.97. The number of pyridine rings is 1. The van der Waals surface area contributed by atoms with Crippen LogP contribution in [0.25, 0.3) is 0 Å². The fourth-order valence-electron chi connectivity index (χ4n) is 3.24. The zero-order valence-electron chi connectivity index (χ0n) is 15.9. The van der Waals surface area contributed by atoms with Gasteiger partial charge in [-0.3, -0.25) is 14.4 Å². The molecule has 1 fully saturated rings. The van der Waals surface area contributed by atoms with Crippen molar-refractivity contribution in [1.29, 1.82) is 0 Å². The fraction of sp³-hybridized carbons (Fsp3) is 0.632. The smallest absolute Gasteiger partial charge is 0.356 e. The Kier molecular flexibility index (Phi) is 7.65. The Morgan fingerprint density at radius 2 is 1.89 bits per heavy atom. The van der Waals surface area contributed by atoms with E-state index >= 15 is 0 Å². The molecule has 156 valence electrons. The highest BCUT2D eigenvalue weighted by molar-refractivity contribution is 5.80. The Labute approximate surface area is 161 Å². The quantitative estimate of drug-likeness (QED) is 0.714. The zero-order valence-corrected chi connectivity index (χ0v) is 15.9. The molecule has 2 rings (SSSR count). The number of likely N-dealkylation sites (tertiary alicyclic amines) is 1. The molecule has 1 N–H and O–H groups in total. The summed E-state index contributed by atoms with van der Waals surface area (Å²) < 4.78 is 39.2. The summed E-state index contributed by atoms with van der Waals surface area (Å²) in [6.07, 6.45) is 0.489. The van der Waals surface area contributed by atoms with E-state index in [0.717, 1.165) is 29.9 Å². The molecule has 1 aliphatic heterocycles. The lowest BCUT2D eigenvalue weighted by Crippen LogP contribution is -2.45.